The Labute approximate surface area is 127 Å². The highest BCUT2D eigenvalue weighted by atomic mass is 32.1. The first-order chi connectivity index (χ1) is 10.2. The Kier molecular flexibility index (Phi) is 3.75. The van der Waals surface area contributed by atoms with Crippen LogP contribution in [0.3, 0.4) is 0 Å². The molecule has 0 aliphatic heterocycles. The van der Waals surface area contributed by atoms with E-state index in [1.807, 2.05) is 17.6 Å². The number of nitrogens with zero attached hydrogens (tertiary/aromatic N) is 2. The van der Waals surface area contributed by atoms with Crippen LogP contribution < -0.4 is 0 Å². The lowest BCUT2D eigenvalue weighted by Crippen LogP contribution is -2.02. The quantitative estimate of drug-likeness (QED) is 0.693. The summed E-state index contributed by atoms with van der Waals surface area (Å²) in [5, 5.41) is 2.05. The van der Waals surface area contributed by atoms with Crippen LogP contribution in [0.5, 0.6) is 0 Å². The first-order valence-corrected chi connectivity index (χ1v) is 7.64. The zero-order valence-corrected chi connectivity index (χ0v) is 12.8. The number of hydrogen-bond acceptors (Lipinski definition) is 4. The Bertz CT molecular complexity index is 789. The minimum Gasteiger partial charge on any atom is -0.469 e. The molecule has 0 aliphatic carbocycles. The number of rotatable bonds is 4. The third-order valence-corrected chi connectivity index (χ3v) is 4.30. The molecule has 0 unspecified atom stereocenters. The summed E-state index contributed by atoms with van der Waals surface area (Å²) < 4.78 is 6.75. The van der Waals surface area contributed by atoms with Gasteiger partial charge in [0.2, 0.25) is 0 Å². The molecule has 0 atom stereocenters. The van der Waals surface area contributed by atoms with Gasteiger partial charge in [0.15, 0.2) is 4.96 Å². The van der Waals surface area contributed by atoms with Crippen molar-refractivity contribution in [1.29, 1.82) is 0 Å². The van der Waals surface area contributed by atoms with Gasteiger partial charge in [-0.05, 0) is 19.4 Å². The number of imidazole rings is 1. The van der Waals surface area contributed by atoms with E-state index >= 15 is 0 Å². The maximum absolute atomic E-state index is 11.3. The van der Waals surface area contributed by atoms with E-state index < -0.39 is 0 Å². The highest BCUT2D eigenvalue weighted by Crippen LogP contribution is 2.24. The zero-order chi connectivity index (χ0) is 14.8. The van der Waals surface area contributed by atoms with Crippen molar-refractivity contribution < 1.29 is 9.53 Å². The number of benzene rings is 1. The van der Waals surface area contributed by atoms with Crippen LogP contribution in [0.2, 0.25) is 0 Å². The molecule has 0 N–H and O–H groups in total. The summed E-state index contributed by atoms with van der Waals surface area (Å²) in [4.78, 5) is 16.9. The molecule has 0 radical (unpaired) electrons. The topological polar surface area (TPSA) is 43.6 Å². The first-order valence-electron chi connectivity index (χ1n) is 6.76. The smallest absolute Gasteiger partial charge is 0.305 e. The Balaban J connectivity index is 1.90. The second-order valence-electron chi connectivity index (χ2n) is 4.95. The summed E-state index contributed by atoms with van der Waals surface area (Å²) >= 11 is 1.59. The number of methoxy groups -OCH3 is 1. The molecule has 3 aromatic rings. The number of hydrogen-bond donors (Lipinski definition) is 0. The molecule has 108 valence electrons. The van der Waals surface area contributed by atoms with Gasteiger partial charge in [-0.15, -0.1) is 11.3 Å². The lowest BCUT2D eigenvalue weighted by Gasteiger charge is -1.99. The second kappa shape index (κ2) is 5.69. The average Bonchev–Trinajstić information content (AvgIpc) is 3.05. The van der Waals surface area contributed by atoms with E-state index in [2.05, 4.69) is 39.2 Å². The van der Waals surface area contributed by atoms with Crippen molar-refractivity contribution >= 4 is 22.3 Å². The van der Waals surface area contributed by atoms with E-state index in [1.165, 1.54) is 12.7 Å². The van der Waals surface area contributed by atoms with E-state index in [0.29, 0.717) is 12.8 Å². The monoisotopic (exact) mass is 300 g/mol. The average molecular weight is 300 g/mol. The van der Waals surface area contributed by atoms with Crippen LogP contribution in [-0.4, -0.2) is 22.5 Å². The number of aromatic nitrogens is 2. The lowest BCUT2D eigenvalue weighted by molar-refractivity contribution is -0.140. The highest BCUT2D eigenvalue weighted by molar-refractivity contribution is 7.15. The van der Waals surface area contributed by atoms with Gasteiger partial charge in [0, 0.05) is 22.8 Å². The number of aryl methyl sites for hydroxylation is 2. The van der Waals surface area contributed by atoms with Crippen molar-refractivity contribution in [2.45, 2.75) is 19.8 Å². The molecule has 3 rings (SSSR count). The van der Waals surface area contributed by atoms with Gasteiger partial charge in [0.25, 0.3) is 0 Å². The predicted molar refractivity (Wildman–Crippen MR) is 83.6 cm³/mol. The molecule has 0 fully saturated rings. The van der Waals surface area contributed by atoms with Gasteiger partial charge < -0.3 is 4.74 Å². The molecule has 0 bridgehead atoms. The fourth-order valence-electron chi connectivity index (χ4n) is 2.28. The minimum atomic E-state index is -0.187. The lowest BCUT2D eigenvalue weighted by atomic mass is 10.1. The highest BCUT2D eigenvalue weighted by Gasteiger charge is 2.11. The van der Waals surface area contributed by atoms with Gasteiger partial charge in [0.1, 0.15) is 0 Å². The van der Waals surface area contributed by atoms with Crippen LogP contribution in [0.1, 0.15) is 17.7 Å². The number of carbonyl (C=O) groups is 1. The van der Waals surface area contributed by atoms with Crippen LogP contribution in [0.15, 0.2) is 35.8 Å². The molecule has 21 heavy (non-hydrogen) atoms. The van der Waals surface area contributed by atoms with Gasteiger partial charge in [-0.2, -0.15) is 0 Å². The van der Waals surface area contributed by atoms with Crippen molar-refractivity contribution in [2.75, 3.05) is 7.11 Å². The maximum atomic E-state index is 11.3. The molecule has 0 aliphatic rings. The molecular weight excluding hydrogens is 284 g/mol. The van der Waals surface area contributed by atoms with Gasteiger partial charge in [-0.3, -0.25) is 9.20 Å². The maximum Gasteiger partial charge on any atom is 0.305 e. The molecule has 4 nitrogen and oxygen atoms in total. The van der Waals surface area contributed by atoms with E-state index in [1.54, 1.807) is 11.3 Å². The number of carbonyl (C=O) groups excluding carboxylic acids is 1. The molecule has 1 aromatic carbocycles. The van der Waals surface area contributed by atoms with Crippen LogP contribution in [-0.2, 0) is 16.0 Å². The number of fused-ring (bicyclic) bond motifs is 1. The van der Waals surface area contributed by atoms with Gasteiger partial charge in [0.05, 0.1) is 19.2 Å². The van der Waals surface area contributed by atoms with Gasteiger partial charge in [-0.1, -0.05) is 23.8 Å². The summed E-state index contributed by atoms with van der Waals surface area (Å²) in [7, 11) is 1.42. The molecule has 0 spiro atoms. The Hall–Kier alpha value is -2.14. The summed E-state index contributed by atoms with van der Waals surface area (Å²) in [6, 6.07) is 8.30. The van der Waals surface area contributed by atoms with E-state index in [9.17, 15) is 4.79 Å². The Morgan fingerprint density at radius 2 is 2.29 bits per heavy atom. The third-order valence-electron chi connectivity index (χ3n) is 3.41. The Morgan fingerprint density at radius 3 is 3.05 bits per heavy atom. The first kappa shape index (κ1) is 13.8. The Morgan fingerprint density at radius 1 is 1.43 bits per heavy atom. The molecule has 2 aromatic heterocycles. The molecule has 0 amide bonds. The van der Waals surface area contributed by atoms with Crippen LogP contribution in [0.25, 0.3) is 16.2 Å². The summed E-state index contributed by atoms with van der Waals surface area (Å²) in [6.45, 7) is 2.07. The van der Waals surface area contributed by atoms with Gasteiger partial charge >= 0.3 is 5.97 Å². The predicted octanol–water partition coefficient (Wildman–Crippen LogP) is 3.48. The van der Waals surface area contributed by atoms with Crippen LogP contribution in [0.4, 0.5) is 0 Å². The van der Waals surface area contributed by atoms with E-state index in [0.717, 1.165) is 21.9 Å². The summed E-state index contributed by atoms with van der Waals surface area (Å²) in [5.74, 6) is -0.187. The fourth-order valence-corrected chi connectivity index (χ4v) is 3.19. The zero-order valence-electron chi connectivity index (χ0n) is 12.0. The number of ether oxygens (including phenoxy) is 1. The summed E-state index contributed by atoms with van der Waals surface area (Å²) in [5.41, 5.74) is 4.39. The second-order valence-corrected chi connectivity index (χ2v) is 5.79. The van der Waals surface area contributed by atoms with Crippen molar-refractivity contribution in [3.05, 3.63) is 47.1 Å². The molecule has 0 saturated heterocycles. The van der Waals surface area contributed by atoms with Gasteiger partial charge in [-0.25, -0.2) is 4.98 Å². The molecular formula is C16H16N2O2S. The van der Waals surface area contributed by atoms with Crippen molar-refractivity contribution in [3.63, 3.8) is 0 Å². The number of esters is 1. The van der Waals surface area contributed by atoms with Crippen LogP contribution >= 0.6 is 11.3 Å². The molecule has 0 saturated carbocycles. The van der Waals surface area contributed by atoms with Crippen molar-refractivity contribution in [1.82, 2.24) is 9.38 Å². The third kappa shape index (κ3) is 2.83. The largest absolute Gasteiger partial charge is 0.469 e. The van der Waals surface area contributed by atoms with E-state index in [-0.39, 0.29) is 5.97 Å². The standard InChI is InChI=1S/C16H16N2O2S/c1-11-4-3-5-12(8-11)14-9-18-13(6-7-15(19)20-2)10-21-16(18)17-14/h3-5,8-10H,6-7H2,1-2H3. The van der Waals surface area contributed by atoms with E-state index in [4.69, 9.17) is 0 Å². The molecule has 5 heteroatoms. The van der Waals surface area contributed by atoms with Crippen LogP contribution in [0, 0.1) is 6.92 Å². The van der Waals surface area contributed by atoms with Crippen molar-refractivity contribution in [2.24, 2.45) is 0 Å². The number of thiazole rings is 1. The van der Waals surface area contributed by atoms with Crippen molar-refractivity contribution in [3.8, 4) is 11.3 Å². The molecule has 2 heterocycles. The normalized spacial score (nSPS) is 11.0. The summed E-state index contributed by atoms with van der Waals surface area (Å²) in [6.07, 6.45) is 3.09. The minimum absolute atomic E-state index is 0.187. The SMILES string of the molecule is COC(=O)CCc1csc2nc(-c3cccc(C)c3)cn12. The fraction of sp³-hybridized carbons (Fsp3) is 0.250.